The Labute approximate surface area is 102 Å². The van der Waals surface area contributed by atoms with E-state index in [-0.39, 0.29) is 5.91 Å². The van der Waals surface area contributed by atoms with E-state index >= 15 is 0 Å². The first kappa shape index (κ1) is 11.5. The second-order valence-corrected chi connectivity index (χ2v) is 4.65. The minimum absolute atomic E-state index is 0.0792. The highest BCUT2D eigenvalue weighted by molar-refractivity contribution is 7.80. The first-order valence-corrected chi connectivity index (χ1v) is 6.41. The summed E-state index contributed by atoms with van der Waals surface area (Å²) in [5.41, 5.74) is 4.14. The molecular formula is C13H17NOS. The van der Waals surface area contributed by atoms with Gasteiger partial charge in [0.25, 0.3) is 0 Å². The van der Waals surface area contributed by atoms with E-state index in [0.29, 0.717) is 18.7 Å². The van der Waals surface area contributed by atoms with Crippen LogP contribution in [0, 0.1) is 0 Å². The molecule has 1 aliphatic carbocycles. The largest absolute Gasteiger partial charge is 0.352 e. The third-order valence-corrected chi connectivity index (χ3v) is 3.22. The molecule has 86 valence electrons. The third-order valence-electron chi connectivity index (χ3n) is 2.99. The van der Waals surface area contributed by atoms with Gasteiger partial charge in [0, 0.05) is 13.0 Å². The molecule has 16 heavy (non-hydrogen) atoms. The predicted molar refractivity (Wildman–Crippen MR) is 68.8 cm³/mol. The van der Waals surface area contributed by atoms with E-state index in [1.807, 2.05) is 0 Å². The van der Waals surface area contributed by atoms with Gasteiger partial charge in [0.05, 0.1) is 0 Å². The van der Waals surface area contributed by atoms with Crippen molar-refractivity contribution in [3.05, 3.63) is 34.9 Å². The Bertz CT molecular complexity index is 390. The fourth-order valence-electron chi connectivity index (χ4n) is 2.13. The van der Waals surface area contributed by atoms with E-state index < -0.39 is 0 Å². The molecule has 0 heterocycles. The number of rotatable bonds is 4. The molecule has 2 nitrogen and oxygen atoms in total. The molecule has 0 aromatic heterocycles. The molecule has 0 aliphatic heterocycles. The SMILES string of the molecule is O=C(CCS)NCc1ccc2c(c1)CCC2. The van der Waals surface area contributed by atoms with E-state index in [9.17, 15) is 4.79 Å². The van der Waals surface area contributed by atoms with Gasteiger partial charge in [-0.2, -0.15) is 12.6 Å². The first-order chi connectivity index (χ1) is 7.79. The van der Waals surface area contributed by atoms with Crippen molar-refractivity contribution in [1.29, 1.82) is 0 Å². The summed E-state index contributed by atoms with van der Waals surface area (Å²) in [5, 5.41) is 2.90. The Kier molecular flexibility index (Phi) is 3.88. The van der Waals surface area contributed by atoms with Gasteiger partial charge in [0.15, 0.2) is 0 Å². The summed E-state index contributed by atoms with van der Waals surface area (Å²) in [6.07, 6.45) is 4.16. The molecule has 0 spiro atoms. The van der Waals surface area contributed by atoms with Gasteiger partial charge >= 0.3 is 0 Å². The fraction of sp³-hybridized carbons (Fsp3) is 0.462. The Balaban J connectivity index is 1.93. The summed E-state index contributed by atoms with van der Waals surface area (Å²) >= 11 is 4.03. The minimum atomic E-state index is 0.0792. The zero-order chi connectivity index (χ0) is 11.4. The van der Waals surface area contributed by atoms with Crippen molar-refractivity contribution in [3.8, 4) is 0 Å². The number of amides is 1. The van der Waals surface area contributed by atoms with Crippen LogP contribution in [0.25, 0.3) is 0 Å². The number of nitrogens with one attached hydrogen (secondary N) is 1. The maximum Gasteiger partial charge on any atom is 0.221 e. The fourth-order valence-corrected chi connectivity index (χ4v) is 2.33. The highest BCUT2D eigenvalue weighted by Crippen LogP contribution is 2.22. The van der Waals surface area contributed by atoms with Crippen molar-refractivity contribution in [2.75, 3.05) is 5.75 Å². The van der Waals surface area contributed by atoms with Crippen LogP contribution in [0.4, 0.5) is 0 Å². The number of thiol groups is 1. The van der Waals surface area contributed by atoms with Crippen LogP contribution in [0.1, 0.15) is 29.5 Å². The standard InChI is InChI=1S/C13H17NOS/c15-13(6-7-16)14-9-10-4-5-11-2-1-3-12(11)8-10/h4-5,8,16H,1-3,6-7,9H2,(H,14,15). The van der Waals surface area contributed by atoms with Gasteiger partial charge in [-0.25, -0.2) is 0 Å². The van der Waals surface area contributed by atoms with E-state index in [2.05, 4.69) is 36.1 Å². The van der Waals surface area contributed by atoms with Crippen LogP contribution < -0.4 is 5.32 Å². The van der Waals surface area contributed by atoms with Crippen molar-refractivity contribution >= 4 is 18.5 Å². The smallest absolute Gasteiger partial charge is 0.221 e. The number of aryl methyl sites for hydroxylation is 2. The lowest BCUT2D eigenvalue weighted by molar-refractivity contribution is -0.120. The lowest BCUT2D eigenvalue weighted by Crippen LogP contribution is -2.22. The van der Waals surface area contributed by atoms with Crippen LogP contribution in [0.2, 0.25) is 0 Å². The van der Waals surface area contributed by atoms with Crippen LogP contribution in [0.15, 0.2) is 18.2 Å². The molecule has 1 aliphatic rings. The maximum atomic E-state index is 11.3. The van der Waals surface area contributed by atoms with E-state index in [0.717, 1.165) is 0 Å². The van der Waals surface area contributed by atoms with E-state index in [4.69, 9.17) is 0 Å². The molecule has 0 atom stereocenters. The average molecular weight is 235 g/mol. The molecule has 2 rings (SSSR count). The van der Waals surface area contributed by atoms with Gasteiger partial charge in [-0.05, 0) is 41.7 Å². The lowest BCUT2D eigenvalue weighted by atomic mass is 10.1. The van der Waals surface area contributed by atoms with Crippen molar-refractivity contribution in [2.24, 2.45) is 0 Å². The number of carbonyl (C=O) groups is 1. The number of fused-ring (bicyclic) bond motifs is 1. The van der Waals surface area contributed by atoms with Gasteiger partial charge in [-0.15, -0.1) is 0 Å². The summed E-state index contributed by atoms with van der Waals surface area (Å²) in [7, 11) is 0. The Morgan fingerprint density at radius 2 is 2.12 bits per heavy atom. The monoisotopic (exact) mass is 235 g/mol. The van der Waals surface area contributed by atoms with E-state index in [1.54, 1.807) is 0 Å². The quantitative estimate of drug-likeness (QED) is 0.769. The summed E-state index contributed by atoms with van der Waals surface area (Å²) in [5.74, 6) is 0.686. The van der Waals surface area contributed by atoms with Crippen LogP contribution in [-0.2, 0) is 24.2 Å². The van der Waals surface area contributed by atoms with Crippen molar-refractivity contribution in [3.63, 3.8) is 0 Å². The summed E-state index contributed by atoms with van der Waals surface area (Å²) in [6, 6.07) is 6.54. The Hall–Kier alpha value is -0.960. The van der Waals surface area contributed by atoms with Crippen LogP contribution in [0.5, 0.6) is 0 Å². The molecule has 0 saturated heterocycles. The van der Waals surface area contributed by atoms with Gasteiger partial charge < -0.3 is 5.32 Å². The second-order valence-electron chi connectivity index (χ2n) is 4.21. The highest BCUT2D eigenvalue weighted by atomic mass is 32.1. The molecule has 0 unspecified atom stereocenters. The normalized spacial score (nSPS) is 13.6. The van der Waals surface area contributed by atoms with Crippen molar-refractivity contribution in [2.45, 2.75) is 32.2 Å². The van der Waals surface area contributed by atoms with Crippen LogP contribution in [0.3, 0.4) is 0 Å². The Morgan fingerprint density at radius 1 is 1.31 bits per heavy atom. The van der Waals surface area contributed by atoms with E-state index in [1.165, 1.54) is 36.0 Å². The molecule has 0 fully saturated rings. The van der Waals surface area contributed by atoms with Gasteiger partial charge in [0.1, 0.15) is 0 Å². The van der Waals surface area contributed by atoms with Crippen LogP contribution in [-0.4, -0.2) is 11.7 Å². The number of carbonyl (C=O) groups excluding carboxylic acids is 1. The molecule has 0 saturated carbocycles. The molecule has 1 aromatic carbocycles. The minimum Gasteiger partial charge on any atom is -0.352 e. The van der Waals surface area contributed by atoms with Crippen molar-refractivity contribution < 1.29 is 4.79 Å². The molecule has 0 bridgehead atoms. The maximum absolute atomic E-state index is 11.3. The molecule has 1 N–H and O–H groups in total. The topological polar surface area (TPSA) is 29.1 Å². The predicted octanol–water partition coefficient (Wildman–Crippen LogP) is 2.11. The van der Waals surface area contributed by atoms with Crippen molar-refractivity contribution in [1.82, 2.24) is 5.32 Å². The summed E-state index contributed by atoms with van der Waals surface area (Å²) in [4.78, 5) is 11.3. The summed E-state index contributed by atoms with van der Waals surface area (Å²) in [6.45, 7) is 0.639. The lowest BCUT2D eigenvalue weighted by Gasteiger charge is -2.06. The van der Waals surface area contributed by atoms with Gasteiger partial charge in [-0.3, -0.25) is 4.79 Å². The number of benzene rings is 1. The number of hydrogen-bond donors (Lipinski definition) is 2. The summed E-state index contributed by atoms with van der Waals surface area (Å²) < 4.78 is 0. The molecular weight excluding hydrogens is 218 g/mol. The first-order valence-electron chi connectivity index (χ1n) is 5.78. The van der Waals surface area contributed by atoms with Crippen LogP contribution >= 0.6 is 12.6 Å². The van der Waals surface area contributed by atoms with Gasteiger partial charge in [0.2, 0.25) is 5.91 Å². The van der Waals surface area contributed by atoms with Gasteiger partial charge in [-0.1, -0.05) is 18.2 Å². The zero-order valence-electron chi connectivity index (χ0n) is 9.33. The molecule has 0 radical (unpaired) electrons. The third kappa shape index (κ3) is 2.79. The second kappa shape index (κ2) is 5.39. The molecule has 3 heteroatoms. The highest BCUT2D eigenvalue weighted by Gasteiger charge is 2.10. The average Bonchev–Trinajstić information content (AvgIpc) is 2.74. The molecule has 1 amide bonds. The zero-order valence-corrected chi connectivity index (χ0v) is 10.2. The number of hydrogen-bond acceptors (Lipinski definition) is 2. The molecule has 1 aromatic rings. The Morgan fingerprint density at radius 3 is 2.94 bits per heavy atom.